The average Bonchev–Trinajstić information content (AvgIpc) is 3.38. The number of sulfonamides is 1. The summed E-state index contributed by atoms with van der Waals surface area (Å²) < 4.78 is 26.0. The van der Waals surface area contributed by atoms with Crippen LogP contribution in [-0.4, -0.2) is 43.1 Å². The quantitative estimate of drug-likeness (QED) is 0.400. The van der Waals surface area contributed by atoms with Gasteiger partial charge in [0.2, 0.25) is 0 Å². The molecule has 2 N–H and O–H groups in total. The van der Waals surface area contributed by atoms with E-state index in [-0.39, 0.29) is 4.21 Å². The van der Waals surface area contributed by atoms with Crippen molar-refractivity contribution in [2.75, 3.05) is 13.6 Å². The molecule has 2 aromatic heterocycles. The van der Waals surface area contributed by atoms with Crippen molar-refractivity contribution in [2.24, 2.45) is 0 Å². The molecule has 34 heavy (non-hydrogen) atoms. The monoisotopic (exact) mass is 494 g/mol. The summed E-state index contributed by atoms with van der Waals surface area (Å²) in [5.74, 6) is -1.21. The van der Waals surface area contributed by atoms with Crippen LogP contribution in [0.5, 0.6) is 0 Å². The number of hydrazine groups is 1. The number of hydrogen-bond acceptors (Lipinski definition) is 6. The van der Waals surface area contributed by atoms with E-state index in [2.05, 4.69) is 15.8 Å². The molecule has 2 amide bonds. The molecule has 0 saturated heterocycles. The zero-order valence-electron chi connectivity index (χ0n) is 18.5. The number of hydrogen-bond donors (Lipinski definition) is 2. The Morgan fingerprint density at radius 2 is 1.74 bits per heavy atom. The zero-order chi connectivity index (χ0) is 24.3. The number of rotatable bonds is 6. The summed E-state index contributed by atoms with van der Waals surface area (Å²) in [4.78, 5) is 30.0. The third-order valence-electron chi connectivity index (χ3n) is 5.15. The van der Waals surface area contributed by atoms with Crippen LogP contribution in [0, 0.1) is 6.92 Å². The van der Waals surface area contributed by atoms with E-state index in [0.717, 1.165) is 26.8 Å². The second-order valence-electron chi connectivity index (χ2n) is 7.63. The smallest absolute Gasteiger partial charge is 0.270 e. The van der Waals surface area contributed by atoms with Gasteiger partial charge in [-0.3, -0.25) is 20.4 Å². The molecular weight excluding hydrogens is 472 g/mol. The Hall–Kier alpha value is -3.60. The third-order valence-corrected chi connectivity index (χ3v) is 8.33. The number of nitrogens with one attached hydrogen (secondary N) is 2. The highest BCUT2D eigenvalue weighted by atomic mass is 32.2. The van der Waals surface area contributed by atoms with Crippen molar-refractivity contribution in [1.29, 1.82) is 0 Å². The molecule has 0 unspecified atom stereocenters. The number of para-hydroxylation sites is 1. The van der Waals surface area contributed by atoms with Crippen LogP contribution >= 0.6 is 11.3 Å². The molecule has 0 saturated carbocycles. The van der Waals surface area contributed by atoms with E-state index in [0.29, 0.717) is 22.2 Å². The van der Waals surface area contributed by atoms with Gasteiger partial charge in [0.15, 0.2) is 0 Å². The normalized spacial score (nSPS) is 11.5. The molecule has 4 rings (SSSR count). The van der Waals surface area contributed by atoms with Crippen LogP contribution in [0.3, 0.4) is 0 Å². The molecule has 8 nitrogen and oxygen atoms in total. The van der Waals surface area contributed by atoms with Crippen molar-refractivity contribution in [2.45, 2.75) is 11.1 Å². The molecule has 4 aromatic rings. The van der Waals surface area contributed by atoms with Gasteiger partial charge >= 0.3 is 0 Å². The number of fused-ring (bicyclic) bond motifs is 1. The van der Waals surface area contributed by atoms with E-state index in [1.165, 1.54) is 13.1 Å². The summed E-state index contributed by atoms with van der Waals surface area (Å²) in [6.45, 7) is 1.54. The summed E-state index contributed by atoms with van der Waals surface area (Å²) in [6, 6.07) is 19.8. The van der Waals surface area contributed by atoms with Crippen molar-refractivity contribution in [3.63, 3.8) is 0 Å². The summed E-state index contributed by atoms with van der Waals surface area (Å²) in [5, 5.41) is 2.27. The number of amides is 2. The Morgan fingerprint density at radius 3 is 2.44 bits per heavy atom. The Kier molecular flexibility index (Phi) is 6.73. The highest BCUT2D eigenvalue weighted by molar-refractivity contribution is 7.91. The second-order valence-corrected chi connectivity index (χ2v) is 10.9. The van der Waals surface area contributed by atoms with Gasteiger partial charge in [0.25, 0.3) is 21.8 Å². The molecule has 0 fully saturated rings. The number of carbonyl (C=O) groups excluding carboxylic acids is 2. The van der Waals surface area contributed by atoms with Crippen LogP contribution in [-0.2, 0) is 14.8 Å². The summed E-state index contributed by atoms with van der Waals surface area (Å²) in [7, 11) is -2.47. The highest BCUT2D eigenvalue weighted by Gasteiger charge is 2.24. The standard InChI is InChI=1S/C24H22N4O4S2/c1-16-9-11-17(12-10-16)21-14-19(18-6-3-4-7-20(18)25-21)24(30)27-26-22(29)15-28(2)34(31,32)23-8-5-13-33-23/h3-14H,15H2,1-2H3,(H,26,29)(H,27,30). The molecule has 0 aliphatic heterocycles. The Balaban J connectivity index is 1.51. The molecule has 0 radical (unpaired) electrons. The minimum Gasteiger partial charge on any atom is -0.272 e. The van der Waals surface area contributed by atoms with E-state index in [9.17, 15) is 18.0 Å². The minimum atomic E-state index is -3.78. The highest BCUT2D eigenvalue weighted by Crippen LogP contribution is 2.25. The fraction of sp³-hybridized carbons (Fsp3) is 0.125. The van der Waals surface area contributed by atoms with Gasteiger partial charge in [-0.15, -0.1) is 11.3 Å². The summed E-state index contributed by atoms with van der Waals surface area (Å²) in [5.41, 5.74) is 8.24. The Bertz CT molecular complexity index is 1450. The van der Waals surface area contributed by atoms with E-state index in [1.54, 1.807) is 29.6 Å². The maximum atomic E-state index is 13.0. The molecule has 2 aromatic carbocycles. The number of likely N-dealkylation sites (N-methyl/N-ethyl adjacent to an activating group) is 1. The summed E-state index contributed by atoms with van der Waals surface area (Å²) >= 11 is 1.07. The number of aromatic nitrogens is 1. The number of aryl methyl sites for hydroxylation is 1. The van der Waals surface area contributed by atoms with Crippen LogP contribution in [0.15, 0.2) is 76.3 Å². The lowest BCUT2D eigenvalue weighted by Gasteiger charge is -2.16. The number of nitrogens with zero attached hydrogens (tertiary/aromatic N) is 2. The minimum absolute atomic E-state index is 0.138. The fourth-order valence-corrected chi connectivity index (χ4v) is 5.65. The largest absolute Gasteiger partial charge is 0.272 e. The first-order chi connectivity index (χ1) is 16.3. The first-order valence-electron chi connectivity index (χ1n) is 10.3. The molecule has 0 aliphatic rings. The lowest BCUT2D eigenvalue weighted by atomic mass is 10.0. The van der Waals surface area contributed by atoms with Crippen molar-refractivity contribution >= 4 is 44.1 Å². The van der Waals surface area contributed by atoms with Gasteiger partial charge in [-0.05, 0) is 30.5 Å². The number of thiophene rings is 1. The van der Waals surface area contributed by atoms with Gasteiger partial charge < -0.3 is 0 Å². The van der Waals surface area contributed by atoms with Crippen molar-refractivity contribution in [3.05, 3.63) is 83.2 Å². The van der Waals surface area contributed by atoms with Crippen molar-refractivity contribution in [1.82, 2.24) is 20.1 Å². The van der Waals surface area contributed by atoms with Gasteiger partial charge in [-0.25, -0.2) is 13.4 Å². The van der Waals surface area contributed by atoms with Gasteiger partial charge in [0.05, 0.1) is 23.3 Å². The van der Waals surface area contributed by atoms with Gasteiger partial charge in [-0.1, -0.05) is 54.1 Å². The Labute approximate surface area is 201 Å². The molecule has 0 atom stereocenters. The third kappa shape index (κ3) is 4.98. The average molecular weight is 495 g/mol. The first-order valence-corrected chi connectivity index (χ1v) is 12.6. The maximum Gasteiger partial charge on any atom is 0.270 e. The topological polar surface area (TPSA) is 108 Å². The van der Waals surface area contributed by atoms with Crippen LogP contribution in [0.2, 0.25) is 0 Å². The predicted molar refractivity (Wildman–Crippen MR) is 132 cm³/mol. The molecule has 0 spiro atoms. The Morgan fingerprint density at radius 1 is 1.00 bits per heavy atom. The number of benzene rings is 2. The van der Waals surface area contributed by atoms with E-state index in [1.807, 2.05) is 43.3 Å². The van der Waals surface area contributed by atoms with Crippen LogP contribution in [0.4, 0.5) is 0 Å². The van der Waals surface area contributed by atoms with Crippen molar-refractivity contribution < 1.29 is 18.0 Å². The predicted octanol–water partition coefficient (Wildman–Crippen LogP) is 3.35. The van der Waals surface area contributed by atoms with Gasteiger partial charge in [0.1, 0.15) is 4.21 Å². The number of carbonyl (C=O) groups is 2. The first kappa shape index (κ1) is 23.6. The SMILES string of the molecule is Cc1ccc(-c2cc(C(=O)NNC(=O)CN(C)S(=O)(=O)c3cccs3)c3ccccc3n2)cc1. The second kappa shape index (κ2) is 9.72. The van der Waals surface area contributed by atoms with Crippen molar-refractivity contribution in [3.8, 4) is 11.3 Å². The van der Waals surface area contributed by atoms with Crippen LogP contribution < -0.4 is 10.9 Å². The number of pyridine rings is 1. The molecule has 10 heteroatoms. The van der Waals surface area contributed by atoms with Crippen LogP contribution in [0.1, 0.15) is 15.9 Å². The van der Waals surface area contributed by atoms with Gasteiger partial charge in [0, 0.05) is 18.0 Å². The van der Waals surface area contributed by atoms with E-state index < -0.39 is 28.4 Å². The summed E-state index contributed by atoms with van der Waals surface area (Å²) in [6.07, 6.45) is 0. The molecule has 2 heterocycles. The van der Waals surface area contributed by atoms with E-state index in [4.69, 9.17) is 0 Å². The lowest BCUT2D eigenvalue weighted by Crippen LogP contribution is -2.46. The molecule has 0 aliphatic carbocycles. The molecular formula is C24H22N4O4S2. The zero-order valence-corrected chi connectivity index (χ0v) is 20.1. The van der Waals surface area contributed by atoms with Crippen LogP contribution in [0.25, 0.3) is 22.2 Å². The maximum absolute atomic E-state index is 13.0. The molecule has 0 bridgehead atoms. The lowest BCUT2D eigenvalue weighted by molar-refractivity contribution is -0.121. The molecule has 174 valence electrons. The fourth-order valence-electron chi connectivity index (χ4n) is 3.32. The van der Waals surface area contributed by atoms with E-state index >= 15 is 0 Å². The van der Waals surface area contributed by atoms with Gasteiger partial charge in [-0.2, -0.15) is 4.31 Å².